The molecule has 0 unspecified atom stereocenters. The number of likely N-dealkylation sites (N-methyl/N-ethyl adjacent to an activating group) is 1. The Morgan fingerprint density at radius 2 is 2.05 bits per heavy atom. The van der Waals surface area contributed by atoms with Crippen molar-refractivity contribution in [2.24, 2.45) is 0 Å². The summed E-state index contributed by atoms with van der Waals surface area (Å²) in [5, 5.41) is -0.271. The van der Waals surface area contributed by atoms with Gasteiger partial charge in [-0.25, -0.2) is 0 Å². The highest BCUT2D eigenvalue weighted by atomic mass is 32.2. The molecule has 0 aromatic heterocycles. The molecule has 2 amide bonds. The first kappa shape index (κ1) is 16.2. The minimum absolute atomic E-state index is 0.271. The largest absolute Gasteiger partial charge is 0.490 e. The van der Waals surface area contributed by atoms with E-state index in [1.54, 1.807) is 24.3 Å². The van der Waals surface area contributed by atoms with Crippen molar-refractivity contribution in [1.82, 2.24) is 4.90 Å². The first-order chi connectivity index (χ1) is 10.6. The van der Waals surface area contributed by atoms with E-state index in [-0.39, 0.29) is 11.1 Å². The van der Waals surface area contributed by atoms with Crippen molar-refractivity contribution >= 4 is 29.0 Å². The standard InChI is InChI=1S/C16H17NO4S/c1-4-8-21-12-7-6-11(9-13(12)20-5-2)10-14-15(18)17(3)16(19)22-14/h4,6-7,9-10H,1,5,8H2,2-3H3/b14-10-. The van der Waals surface area contributed by atoms with Gasteiger partial charge in [-0.15, -0.1) is 0 Å². The number of nitrogens with zero attached hydrogens (tertiary/aromatic N) is 1. The molecular formula is C16H17NO4S. The minimum atomic E-state index is -0.292. The van der Waals surface area contributed by atoms with E-state index in [1.165, 1.54) is 7.05 Å². The van der Waals surface area contributed by atoms with Crippen LogP contribution in [-0.2, 0) is 4.79 Å². The molecule has 1 saturated heterocycles. The second-order valence-corrected chi connectivity index (χ2v) is 5.47. The summed E-state index contributed by atoms with van der Waals surface area (Å²) >= 11 is 0.927. The molecule has 0 saturated carbocycles. The third kappa shape index (κ3) is 3.51. The van der Waals surface area contributed by atoms with Gasteiger partial charge >= 0.3 is 0 Å². The second kappa shape index (κ2) is 7.17. The number of hydrogen-bond donors (Lipinski definition) is 0. The van der Waals surface area contributed by atoms with Gasteiger partial charge < -0.3 is 9.47 Å². The number of ether oxygens (including phenoxy) is 2. The van der Waals surface area contributed by atoms with E-state index in [9.17, 15) is 9.59 Å². The Labute approximate surface area is 133 Å². The molecule has 1 aliphatic rings. The summed E-state index contributed by atoms with van der Waals surface area (Å²) in [6.07, 6.45) is 3.33. The number of rotatable bonds is 6. The molecule has 1 aromatic carbocycles. The fraction of sp³-hybridized carbons (Fsp3) is 0.250. The maximum absolute atomic E-state index is 11.9. The van der Waals surface area contributed by atoms with Crippen LogP contribution in [0.1, 0.15) is 12.5 Å². The van der Waals surface area contributed by atoms with Gasteiger partial charge in [-0.3, -0.25) is 14.5 Å². The van der Waals surface area contributed by atoms with Crippen LogP contribution in [0.25, 0.3) is 6.08 Å². The zero-order chi connectivity index (χ0) is 16.1. The molecule has 5 nitrogen and oxygen atoms in total. The van der Waals surface area contributed by atoms with Crippen LogP contribution in [0.4, 0.5) is 4.79 Å². The summed E-state index contributed by atoms with van der Waals surface area (Å²) in [6, 6.07) is 5.37. The zero-order valence-electron chi connectivity index (χ0n) is 12.5. The number of benzene rings is 1. The van der Waals surface area contributed by atoms with Crippen LogP contribution in [0.2, 0.25) is 0 Å². The normalized spacial score (nSPS) is 16.3. The zero-order valence-corrected chi connectivity index (χ0v) is 13.3. The number of imide groups is 1. The van der Waals surface area contributed by atoms with Crippen LogP contribution in [0.3, 0.4) is 0 Å². The van der Waals surface area contributed by atoms with E-state index in [0.717, 1.165) is 22.2 Å². The van der Waals surface area contributed by atoms with Crippen molar-refractivity contribution in [1.29, 1.82) is 0 Å². The van der Waals surface area contributed by atoms with Gasteiger partial charge in [0.15, 0.2) is 11.5 Å². The quantitative estimate of drug-likeness (QED) is 0.595. The molecule has 0 aliphatic carbocycles. The Kier molecular flexibility index (Phi) is 5.27. The SMILES string of the molecule is C=CCOc1ccc(/C=C2\SC(=O)N(C)C2=O)cc1OCC. The summed E-state index contributed by atoms with van der Waals surface area (Å²) in [5.74, 6) is 0.913. The molecule has 22 heavy (non-hydrogen) atoms. The van der Waals surface area contributed by atoms with Crippen LogP contribution in [-0.4, -0.2) is 36.3 Å². The Hall–Kier alpha value is -2.21. The third-order valence-corrected chi connectivity index (χ3v) is 3.87. The van der Waals surface area contributed by atoms with Gasteiger partial charge in [0.2, 0.25) is 0 Å². The summed E-state index contributed by atoms with van der Waals surface area (Å²) in [7, 11) is 1.47. The predicted molar refractivity (Wildman–Crippen MR) is 87.0 cm³/mol. The fourth-order valence-corrected chi connectivity index (χ4v) is 2.67. The summed E-state index contributed by atoms with van der Waals surface area (Å²) in [6.45, 7) is 6.37. The lowest BCUT2D eigenvalue weighted by molar-refractivity contribution is -0.121. The first-order valence-corrected chi connectivity index (χ1v) is 7.60. The number of amides is 2. The van der Waals surface area contributed by atoms with Gasteiger partial charge in [0.1, 0.15) is 6.61 Å². The van der Waals surface area contributed by atoms with Crippen molar-refractivity contribution in [3.05, 3.63) is 41.3 Å². The van der Waals surface area contributed by atoms with Crippen LogP contribution >= 0.6 is 11.8 Å². The fourth-order valence-electron chi connectivity index (χ4n) is 1.85. The Bertz CT molecular complexity index is 639. The van der Waals surface area contributed by atoms with Crippen molar-refractivity contribution in [3.8, 4) is 11.5 Å². The van der Waals surface area contributed by atoms with Gasteiger partial charge in [-0.05, 0) is 42.5 Å². The summed E-state index contributed by atoms with van der Waals surface area (Å²) in [5.41, 5.74) is 0.772. The van der Waals surface area contributed by atoms with Crippen LogP contribution in [0, 0.1) is 0 Å². The number of thioether (sulfide) groups is 1. The predicted octanol–water partition coefficient (Wildman–Crippen LogP) is 3.32. The topological polar surface area (TPSA) is 55.8 Å². The van der Waals surface area contributed by atoms with Crippen LogP contribution in [0.5, 0.6) is 11.5 Å². The van der Waals surface area contributed by atoms with Crippen molar-refractivity contribution in [2.75, 3.05) is 20.3 Å². The summed E-state index contributed by atoms with van der Waals surface area (Å²) < 4.78 is 11.1. The van der Waals surface area contributed by atoms with Crippen molar-refractivity contribution in [2.45, 2.75) is 6.92 Å². The monoisotopic (exact) mass is 319 g/mol. The number of carbonyl (C=O) groups excluding carboxylic acids is 2. The number of carbonyl (C=O) groups is 2. The maximum Gasteiger partial charge on any atom is 0.293 e. The number of hydrogen-bond acceptors (Lipinski definition) is 5. The van der Waals surface area contributed by atoms with Gasteiger partial charge in [0.05, 0.1) is 11.5 Å². The highest BCUT2D eigenvalue weighted by molar-refractivity contribution is 8.18. The van der Waals surface area contributed by atoms with E-state index >= 15 is 0 Å². The molecule has 6 heteroatoms. The van der Waals surface area contributed by atoms with Crippen molar-refractivity contribution in [3.63, 3.8) is 0 Å². The average Bonchev–Trinajstić information content (AvgIpc) is 2.74. The van der Waals surface area contributed by atoms with Gasteiger partial charge in [0.25, 0.3) is 11.1 Å². The Balaban J connectivity index is 2.28. The molecule has 2 rings (SSSR count). The van der Waals surface area contributed by atoms with Gasteiger partial charge in [-0.2, -0.15) is 0 Å². The lowest BCUT2D eigenvalue weighted by Crippen LogP contribution is -2.22. The van der Waals surface area contributed by atoms with E-state index in [4.69, 9.17) is 9.47 Å². The molecule has 0 atom stereocenters. The van der Waals surface area contributed by atoms with E-state index in [2.05, 4.69) is 6.58 Å². The Morgan fingerprint density at radius 1 is 1.27 bits per heavy atom. The van der Waals surface area contributed by atoms with E-state index in [0.29, 0.717) is 29.6 Å². The second-order valence-electron chi connectivity index (χ2n) is 4.48. The molecule has 0 spiro atoms. The molecule has 0 N–H and O–H groups in total. The maximum atomic E-state index is 11.9. The van der Waals surface area contributed by atoms with Gasteiger partial charge in [0, 0.05) is 7.05 Å². The van der Waals surface area contributed by atoms with Gasteiger partial charge in [-0.1, -0.05) is 18.7 Å². The molecule has 1 aliphatic heterocycles. The lowest BCUT2D eigenvalue weighted by atomic mass is 10.2. The molecule has 0 radical (unpaired) electrons. The van der Waals surface area contributed by atoms with Crippen LogP contribution < -0.4 is 9.47 Å². The minimum Gasteiger partial charge on any atom is -0.490 e. The Morgan fingerprint density at radius 3 is 2.64 bits per heavy atom. The van der Waals surface area contributed by atoms with Crippen molar-refractivity contribution < 1.29 is 19.1 Å². The average molecular weight is 319 g/mol. The molecule has 1 aromatic rings. The molecular weight excluding hydrogens is 302 g/mol. The lowest BCUT2D eigenvalue weighted by Gasteiger charge is -2.11. The van der Waals surface area contributed by atoms with E-state index < -0.39 is 0 Å². The molecule has 0 bridgehead atoms. The first-order valence-electron chi connectivity index (χ1n) is 6.79. The molecule has 1 heterocycles. The van der Waals surface area contributed by atoms with E-state index in [1.807, 2.05) is 13.0 Å². The van der Waals surface area contributed by atoms with Crippen LogP contribution in [0.15, 0.2) is 35.8 Å². The highest BCUT2D eigenvalue weighted by Gasteiger charge is 2.31. The smallest absolute Gasteiger partial charge is 0.293 e. The third-order valence-electron chi connectivity index (χ3n) is 2.91. The highest BCUT2D eigenvalue weighted by Crippen LogP contribution is 2.33. The molecule has 1 fully saturated rings. The molecule has 116 valence electrons. The summed E-state index contributed by atoms with van der Waals surface area (Å²) in [4.78, 5) is 24.9.